The molecule has 4 rings (SSSR count). The van der Waals surface area contributed by atoms with E-state index in [4.69, 9.17) is 39.8 Å². The second-order valence-electron chi connectivity index (χ2n) is 6.51. The SMILES string of the molecule is Cc1ccccc1-n1c(SCc2ccc(Cl)cc2Cl)nc2cc(Cl)ccc2c1=O. The minimum Gasteiger partial charge on any atom is -0.268 e. The van der Waals surface area contributed by atoms with Crippen LogP contribution < -0.4 is 5.56 Å². The summed E-state index contributed by atoms with van der Waals surface area (Å²) in [5.74, 6) is 0.542. The predicted octanol–water partition coefficient (Wildman–Crippen LogP) is 6.95. The van der Waals surface area contributed by atoms with Crippen LogP contribution in [0.4, 0.5) is 0 Å². The first-order valence-electron chi connectivity index (χ1n) is 8.79. The number of para-hydroxylation sites is 1. The summed E-state index contributed by atoms with van der Waals surface area (Å²) in [6.07, 6.45) is 0. The van der Waals surface area contributed by atoms with Crippen LogP contribution in [0.1, 0.15) is 11.1 Å². The van der Waals surface area contributed by atoms with Gasteiger partial charge in [0.25, 0.3) is 5.56 Å². The van der Waals surface area contributed by atoms with Crippen molar-refractivity contribution < 1.29 is 0 Å². The molecular weight excluding hydrogens is 447 g/mol. The van der Waals surface area contributed by atoms with Crippen molar-refractivity contribution in [3.05, 3.63) is 97.2 Å². The average Bonchev–Trinajstić information content (AvgIpc) is 2.68. The normalized spacial score (nSPS) is 11.2. The largest absolute Gasteiger partial charge is 0.268 e. The second kappa shape index (κ2) is 8.41. The Morgan fingerprint density at radius 1 is 0.966 bits per heavy atom. The number of aromatic nitrogens is 2. The Bertz CT molecular complexity index is 1290. The molecule has 0 aliphatic heterocycles. The molecule has 0 amide bonds. The van der Waals surface area contributed by atoms with E-state index in [0.29, 0.717) is 36.9 Å². The Hall–Kier alpha value is -1.98. The van der Waals surface area contributed by atoms with Gasteiger partial charge in [-0.15, -0.1) is 0 Å². The second-order valence-corrected chi connectivity index (χ2v) is 8.73. The fourth-order valence-electron chi connectivity index (χ4n) is 3.04. The number of aryl methyl sites for hydroxylation is 1. The highest BCUT2D eigenvalue weighted by Gasteiger charge is 2.16. The van der Waals surface area contributed by atoms with Crippen LogP contribution in [-0.2, 0) is 5.75 Å². The van der Waals surface area contributed by atoms with Crippen molar-refractivity contribution in [1.82, 2.24) is 9.55 Å². The molecule has 146 valence electrons. The molecule has 0 aliphatic rings. The van der Waals surface area contributed by atoms with Crippen LogP contribution in [0.25, 0.3) is 16.6 Å². The first-order valence-corrected chi connectivity index (χ1v) is 10.9. The Kier molecular flexibility index (Phi) is 5.88. The van der Waals surface area contributed by atoms with Crippen LogP contribution in [0.2, 0.25) is 15.1 Å². The number of halogens is 3. The van der Waals surface area contributed by atoms with Gasteiger partial charge in [0.1, 0.15) is 0 Å². The van der Waals surface area contributed by atoms with Gasteiger partial charge in [0.05, 0.1) is 16.6 Å². The zero-order valence-electron chi connectivity index (χ0n) is 15.3. The van der Waals surface area contributed by atoms with Crippen molar-refractivity contribution in [2.24, 2.45) is 0 Å². The number of thioether (sulfide) groups is 1. The van der Waals surface area contributed by atoms with E-state index < -0.39 is 0 Å². The van der Waals surface area contributed by atoms with Gasteiger partial charge >= 0.3 is 0 Å². The molecule has 0 radical (unpaired) electrons. The first-order chi connectivity index (χ1) is 13.9. The molecule has 29 heavy (non-hydrogen) atoms. The van der Waals surface area contributed by atoms with Gasteiger partial charge in [-0.05, 0) is 54.4 Å². The van der Waals surface area contributed by atoms with Crippen molar-refractivity contribution in [3.8, 4) is 5.69 Å². The van der Waals surface area contributed by atoms with E-state index in [2.05, 4.69) is 0 Å². The third-order valence-electron chi connectivity index (χ3n) is 4.53. The van der Waals surface area contributed by atoms with Gasteiger partial charge in [-0.3, -0.25) is 9.36 Å². The number of hydrogen-bond acceptors (Lipinski definition) is 3. The highest BCUT2D eigenvalue weighted by Crippen LogP contribution is 2.30. The quantitative estimate of drug-likeness (QED) is 0.244. The molecule has 7 heteroatoms. The topological polar surface area (TPSA) is 34.9 Å². The van der Waals surface area contributed by atoms with E-state index in [1.165, 1.54) is 11.8 Å². The number of hydrogen-bond donors (Lipinski definition) is 0. The van der Waals surface area contributed by atoms with E-state index in [-0.39, 0.29) is 5.56 Å². The number of benzene rings is 3. The molecule has 1 heterocycles. The van der Waals surface area contributed by atoms with Gasteiger partial charge in [-0.1, -0.05) is 70.8 Å². The van der Waals surface area contributed by atoms with Gasteiger partial charge in [-0.25, -0.2) is 4.98 Å². The molecule has 1 aromatic heterocycles. The lowest BCUT2D eigenvalue weighted by Gasteiger charge is -2.15. The zero-order chi connectivity index (χ0) is 20.5. The first kappa shape index (κ1) is 20.3. The third-order valence-corrected chi connectivity index (χ3v) is 6.34. The molecular formula is C22H15Cl3N2OS. The Labute approximate surface area is 187 Å². The fourth-order valence-corrected chi connectivity index (χ4v) is 4.77. The Morgan fingerprint density at radius 3 is 2.45 bits per heavy atom. The molecule has 0 fully saturated rings. The fraction of sp³-hybridized carbons (Fsp3) is 0.0909. The Balaban J connectivity index is 1.87. The standard InChI is InChI=1S/C22H15Cl3N2OS/c1-13-4-2-3-5-20(13)27-21(28)17-9-8-16(24)11-19(17)26-22(27)29-12-14-6-7-15(23)10-18(14)25/h2-11H,12H2,1H3. The molecule has 0 saturated heterocycles. The molecule has 0 atom stereocenters. The highest BCUT2D eigenvalue weighted by atomic mass is 35.5. The van der Waals surface area contributed by atoms with Crippen molar-refractivity contribution in [2.45, 2.75) is 17.8 Å². The predicted molar refractivity (Wildman–Crippen MR) is 123 cm³/mol. The van der Waals surface area contributed by atoms with Crippen LogP contribution in [-0.4, -0.2) is 9.55 Å². The maximum Gasteiger partial charge on any atom is 0.266 e. The van der Waals surface area contributed by atoms with E-state index in [9.17, 15) is 4.79 Å². The van der Waals surface area contributed by atoms with Crippen LogP contribution >= 0.6 is 46.6 Å². The summed E-state index contributed by atoms with van der Waals surface area (Å²) in [6, 6.07) is 18.3. The summed E-state index contributed by atoms with van der Waals surface area (Å²) < 4.78 is 1.65. The van der Waals surface area contributed by atoms with Crippen LogP contribution in [0.3, 0.4) is 0 Å². The Morgan fingerprint density at radius 2 is 1.69 bits per heavy atom. The molecule has 0 unspecified atom stereocenters. The van der Waals surface area contributed by atoms with E-state index in [1.807, 2.05) is 37.3 Å². The molecule has 3 aromatic carbocycles. The van der Waals surface area contributed by atoms with E-state index >= 15 is 0 Å². The monoisotopic (exact) mass is 460 g/mol. The van der Waals surface area contributed by atoms with Gasteiger partial charge in [0.2, 0.25) is 0 Å². The van der Waals surface area contributed by atoms with Gasteiger partial charge in [0, 0.05) is 20.8 Å². The number of nitrogens with zero attached hydrogens (tertiary/aromatic N) is 2. The lowest BCUT2D eigenvalue weighted by atomic mass is 10.2. The van der Waals surface area contributed by atoms with Gasteiger partial charge in [-0.2, -0.15) is 0 Å². The van der Waals surface area contributed by atoms with Crippen molar-refractivity contribution >= 4 is 57.5 Å². The molecule has 0 aliphatic carbocycles. The summed E-state index contributed by atoms with van der Waals surface area (Å²) in [5.41, 5.74) is 3.13. The number of fused-ring (bicyclic) bond motifs is 1. The minimum absolute atomic E-state index is 0.134. The van der Waals surface area contributed by atoms with Crippen LogP contribution in [0.5, 0.6) is 0 Å². The number of rotatable bonds is 4. The minimum atomic E-state index is -0.134. The maximum atomic E-state index is 13.4. The summed E-state index contributed by atoms with van der Waals surface area (Å²) in [5, 5.41) is 2.80. The van der Waals surface area contributed by atoms with Crippen molar-refractivity contribution in [3.63, 3.8) is 0 Å². The summed E-state index contributed by atoms with van der Waals surface area (Å²) >= 11 is 19.9. The summed E-state index contributed by atoms with van der Waals surface area (Å²) in [7, 11) is 0. The lowest BCUT2D eigenvalue weighted by Crippen LogP contribution is -2.22. The molecule has 0 N–H and O–H groups in total. The van der Waals surface area contributed by atoms with Crippen molar-refractivity contribution in [1.29, 1.82) is 0 Å². The zero-order valence-corrected chi connectivity index (χ0v) is 18.4. The molecule has 0 spiro atoms. The van der Waals surface area contributed by atoms with E-state index in [0.717, 1.165) is 16.8 Å². The molecule has 4 aromatic rings. The van der Waals surface area contributed by atoms with Crippen molar-refractivity contribution in [2.75, 3.05) is 0 Å². The molecule has 3 nitrogen and oxygen atoms in total. The summed E-state index contributed by atoms with van der Waals surface area (Å²) in [4.78, 5) is 18.1. The average molecular weight is 462 g/mol. The molecule has 0 saturated carbocycles. The van der Waals surface area contributed by atoms with Crippen LogP contribution in [0.15, 0.2) is 70.6 Å². The van der Waals surface area contributed by atoms with Gasteiger partial charge in [0.15, 0.2) is 5.16 Å². The van der Waals surface area contributed by atoms with Crippen LogP contribution in [0, 0.1) is 6.92 Å². The summed E-state index contributed by atoms with van der Waals surface area (Å²) in [6.45, 7) is 1.97. The third kappa shape index (κ3) is 4.17. The van der Waals surface area contributed by atoms with Gasteiger partial charge < -0.3 is 0 Å². The lowest BCUT2D eigenvalue weighted by molar-refractivity contribution is 0.814. The molecule has 0 bridgehead atoms. The maximum absolute atomic E-state index is 13.4. The van der Waals surface area contributed by atoms with E-state index in [1.54, 1.807) is 34.9 Å². The highest BCUT2D eigenvalue weighted by molar-refractivity contribution is 7.98. The smallest absolute Gasteiger partial charge is 0.266 e.